The quantitative estimate of drug-likeness (QED) is 0.0680. The Kier molecular flexibility index (Phi) is 17.2. The summed E-state index contributed by atoms with van der Waals surface area (Å²) in [6.45, 7) is 6.63. The molecular weight excluding hydrogens is 549 g/mol. The van der Waals surface area contributed by atoms with Crippen LogP contribution < -0.4 is 0 Å². The Morgan fingerprint density at radius 2 is 1.43 bits per heavy atom. The lowest BCUT2D eigenvalue weighted by Gasteiger charge is -2.50. The average Bonchev–Trinajstić information content (AvgIpc) is 2.98. The van der Waals surface area contributed by atoms with Crippen molar-refractivity contribution in [3.05, 3.63) is 35.9 Å². The van der Waals surface area contributed by atoms with E-state index in [2.05, 4.69) is 14.0 Å². The number of piperidine rings is 3. The van der Waals surface area contributed by atoms with E-state index >= 15 is 0 Å². The average molecular weight is 611 g/mol. The van der Waals surface area contributed by atoms with Gasteiger partial charge >= 0.3 is 7.82 Å². The van der Waals surface area contributed by atoms with Crippen molar-refractivity contribution in [2.75, 3.05) is 46.5 Å². The number of unbranched alkanes of at least 4 members (excludes halogenated alkanes) is 13. The number of quaternary nitrogens is 1. The molecule has 4 rings (SSSR count). The normalized spacial score (nSPS) is 24.1. The minimum absolute atomic E-state index is 0.0388. The second-order valence-corrected chi connectivity index (χ2v) is 14.5. The molecule has 7 nitrogen and oxygen atoms in total. The minimum atomic E-state index is -4.19. The monoisotopic (exact) mass is 610 g/mol. The van der Waals surface area contributed by atoms with Crippen molar-refractivity contribution in [1.29, 1.82) is 0 Å². The Labute approximate surface area is 256 Å². The number of ether oxygens (including phenoxy) is 2. The Morgan fingerprint density at radius 3 is 2.00 bits per heavy atom. The maximum Gasteiger partial charge on any atom is 0.472 e. The first-order valence-electron chi connectivity index (χ1n) is 17.1. The molecule has 3 saturated heterocycles. The lowest BCUT2D eigenvalue weighted by molar-refractivity contribution is -0.928. The summed E-state index contributed by atoms with van der Waals surface area (Å²) in [5.41, 5.74) is 1.04. The summed E-state index contributed by atoms with van der Waals surface area (Å²) < 4.78 is 37.0. The van der Waals surface area contributed by atoms with Crippen molar-refractivity contribution >= 4 is 7.82 Å². The first-order chi connectivity index (χ1) is 20.4. The molecular formula is C34H61NO6P+. The molecule has 8 heteroatoms. The molecule has 3 fully saturated rings. The third kappa shape index (κ3) is 14.8. The molecule has 0 saturated carbocycles. The van der Waals surface area contributed by atoms with Gasteiger partial charge in [0.25, 0.3) is 0 Å². The number of phosphoric ester groups is 1. The van der Waals surface area contributed by atoms with Gasteiger partial charge in [0.1, 0.15) is 18.8 Å². The van der Waals surface area contributed by atoms with Crippen LogP contribution in [-0.2, 0) is 29.7 Å². The fourth-order valence-electron chi connectivity index (χ4n) is 6.39. The molecule has 1 aromatic carbocycles. The molecule has 2 bridgehead atoms. The second-order valence-electron chi connectivity index (χ2n) is 13.1. The van der Waals surface area contributed by atoms with E-state index in [4.69, 9.17) is 18.5 Å². The Morgan fingerprint density at radius 1 is 0.857 bits per heavy atom. The number of fused-ring (bicyclic) bond motifs is 3. The summed E-state index contributed by atoms with van der Waals surface area (Å²) in [4.78, 5) is 10.5. The van der Waals surface area contributed by atoms with E-state index in [1.165, 1.54) is 83.5 Å². The van der Waals surface area contributed by atoms with Crippen molar-refractivity contribution < 1.29 is 32.5 Å². The number of rotatable bonds is 25. The molecule has 1 N–H and O–H groups in total. The standard InChI is InChI=1S/C34H60NO6P/c1-3-4-5-6-7-8-9-10-11-12-13-14-15-19-26-38-29-33(39-28-31-20-17-16-18-21-31)30-40-42(36,37)41-34-27-35(2)24-22-32(34)23-25-35/h16-18,20-21,32-34H,3-15,19,22-30H2,1-2H3/p+1. The van der Waals surface area contributed by atoms with Gasteiger partial charge in [0, 0.05) is 25.4 Å². The van der Waals surface area contributed by atoms with Crippen molar-refractivity contribution in [1.82, 2.24) is 0 Å². The zero-order valence-corrected chi connectivity index (χ0v) is 27.7. The van der Waals surface area contributed by atoms with E-state index in [0.29, 0.717) is 25.7 Å². The van der Waals surface area contributed by atoms with Crippen LogP contribution in [0.1, 0.15) is 115 Å². The second kappa shape index (κ2) is 20.3. The van der Waals surface area contributed by atoms with Crippen LogP contribution in [0.3, 0.4) is 0 Å². The van der Waals surface area contributed by atoms with Crippen LogP contribution in [0.4, 0.5) is 0 Å². The molecule has 42 heavy (non-hydrogen) atoms. The molecule has 1 aromatic rings. The summed E-state index contributed by atoms with van der Waals surface area (Å²) in [5, 5.41) is 0. The molecule has 0 amide bonds. The van der Waals surface area contributed by atoms with E-state index < -0.39 is 13.9 Å². The van der Waals surface area contributed by atoms with E-state index in [9.17, 15) is 9.46 Å². The van der Waals surface area contributed by atoms with Gasteiger partial charge in [0.2, 0.25) is 0 Å². The van der Waals surface area contributed by atoms with Crippen LogP contribution in [0.2, 0.25) is 0 Å². The summed E-state index contributed by atoms with van der Waals surface area (Å²) in [6.07, 6.45) is 20.0. The highest BCUT2D eigenvalue weighted by atomic mass is 31.2. The van der Waals surface area contributed by atoms with Gasteiger partial charge in [-0.3, -0.25) is 9.05 Å². The number of nitrogens with zero attached hydrogens (tertiary/aromatic N) is 1. The van der Waals surface area contributed by atoms with Gasteiger partial charge in [-0.15, -0.1) is 0 Å². The van der Waals surface area contributed by atoms with Crippen LogP contribution >= 0.6 is 7.82 Å². The van der Waals surface area contributed by atoms with Crippen LogP contribution in [0, 0.1) is 5.92 Å². The highest BCUT2D eigenvalue weighted by Gasteiger charge is 2.46. The largest absolute Gasteiger partial charge is 0.472 e. The third-order valence-electron chi connectivity index (χ3n) is 9.19. The van der Waals surface area contributed by atoms with Crippen molar-refractivity contribution in [2.24, 2.45) is 5.92 Å². The maximum absolute atomic E-state index is 12.9. The van der Waals surface area contributed by atoms with Crippen LogP contribution in [-0.4, -0.2) is 68.1 Å². The molecule has 3 atom stereocenters. The molecule has 3 aliphatic heterocycles. The van der Waals surface area contributed by atoms with E-state index in [-0.39, 0.29) is 12.7 Å². The van der Waals surface area contributed by atoms with Gasteiger partial charge in [-0.1, -0.05) is 121 Å². The predicted molar refractivity (Wildman–Crippen MR) is 170 cm³/mol. The maximum atomic E-state index is 12.9. The fraction of sp³-hybridized carbons (Fsp3) is 0.824. The zero-order chi connectivity index (χ0) is 29.9. The van der Waals surface area contributed by atoms with E-state index in [1.807, 2.05) is 30.3 Å². The number of phosphoric acid groups is 1. The highest BCUT2D eigenvalue weighted by Crippen LogP contribution is 2.49. The van der Waals surface area contributed by atoms with Crippen molar-refractivity contribution in [3.8, 4) is 0 Å². The van der Waals surface area contributed by atoms with Crippen LogP contribution in [0.5, 0.6) is 0 Å². The lowest BCUT2D eigenvalue weighted by Crippen LogP contribution is -2.61. The summed E-state index contributed by atoms with van der Waals surface area (Å²) in [5.74, 6) is 0.340. The third-order valence-corrected chi connectivity index (χ3v) is 10.2. The molecule has 0 aromatic heterocycles. The van der Waals surface area contributed by atoms with Crippen LogP contribution in [0.15, 0.2) is 30.3 Å². The van der Waals surface area contributed by atoms with Gasteiger partial charge in [0.15, 0.2) is 0 Å². The molecule has 242 valence electrons. The fourth-order valence-corrected chi connectivity index (χ4v) is 7.39. The number of hydrogen-bond acceptors (Lipinski definition) is 5. The summed E-state index contributed by atoms with van der Waals surface area (Å²) in [7, 11) is -1.99. The van der Waals surface area contributed by atoms with Crippen LogP contribution in [0.25, 0.3) is 0 Å². The van der Waals surface area contributed by atoms with Gasteiger partial charge in [-0.2, -0.15) is 0 Å². The molecule has 0 radical (unpaired) electrons. The predicted octanol–water partition coefficient (Wildman–Crippen LogP) is 8.44. The number of likely N-dealkylation sites (N-methyl/N-ethyl adjacent to an activating group) is 1. The number of benzene rings is 1. The van der Waals surface area contributed by atoms with Gasteiger partial charge in [0.05, 0.1) is 40.0 Å². The summed E-state index contributed by atoms with van der Waals surface area (Å²) in [6, 6.07) is 9.93. The van der Waals surface area contributed by atoms with Crippen molar-refractivity contribution in [2.45, 2.75) is 128 Å². The topological polar surface area (TPSA) is 74.2 Å². The lowest BCUT2D eigenvalue weighted by atomic mass is 9.84. The van der Waals surface area contributed by atoms with Gasteiger partial charge < -0.3 is 18.9 Å². The van der Waals surface area contributed by atoms with E-state index in [0.717, 1.165) is 48.9 Å². The molecule has 0 spiro atoms. The number of hydrogen-bond donors (Lipinski definition) is 1. The highest BCUT2D eigenvalue weighted by molar-refractivity contribution is 7.47. The molecule has 0 aliphatic carbocycles. The SMILES string of the molecule is CCCCCCCCCCCCCCCCOCC(COP(=O)(O)OC1C[N+]2(C)CCC1CC2)OCc1ccccc1. The van der Waals surface area contributed by atoms with E-state index in [1.54, 1.807) is 0 Å². The Bertz CT molecular complexity index is 863. The molecule has 3 unspecified atom stereocenters. The van der Waals surface area contributed by atoms with Crippen molar-refractivity contribution in [3.63, 3.8) is 0 Å². The summed E-state index contributed by atoms with van der Waals surface area (Å²) >= 11 is 0. The minimum Gasteiger partial charge on any atom is -0.379 e. The smallest absolute Gasteiger partial charge is 0.379 e. The van der Waals surface area contributed by atoms with Gasteiger partial charge in [-0.25, -0.2) is 4.57 Å². The first-order valence-corrected chi connectivity index (χ1v) is 18.6. The molecule has 3 heterocycles. The zero-order valence-electron chi connectivity index (χ0n) is 26.8. The Balaban J connectivity index is 1.27. The Hall–Kier alpha value is -0.790. The first kappa shape index (κ1) is 35.7. The van der Waals surface area contributed by atoms with Gasteiger partial charge in [-0.05, 0) is 12.0 Å². The molecule has 3 aliphatic rings.